The Morgan fingerprint density at radius 2 is 1.70 bits per heavy atom. The van der Waals surface area contributed by atoms with Crippen molar-refractivity contribution in [1.82, 2.24) is 0 Å². The first-order valence-corrected chi connectivity index (χ1v) is 9.86. The second-order valence-electron chi connectivity index (χ2n) is 7.60. The predicted molar refractivity (Wildman–Crippen MR) is 84.3 cm³/mol. The lowest BCUT2D eigenvalue weighted by Gasteiger charge is -2.43. The Balaban J connectivity index is 5.49. The minimum absolute atomic E-state index is 0.0295. The van der Waals surface area contributed by atoms with Crippen molar-refractivity contribution in [2.24, 2.45) is 5.41 Å². The normalized spacial score (nSPS) is 16.1. The number of carboxylic acid groups (broad SMARTS) is 1. The van der Waals surface area contributed by atoms with Crippen LogP contribution in [0.25, 0.3) is 0 Å². The molecule has 20 heavy (non-hydrogen) atoms. The number of aliphatic carboxylic acids is 1. The minimum Gasteiger partial charge on any atom is -0.478 e. The molecule has 0 saturated heterocycles. The van der Waals surface area contributed by atoms with Gasteiger partial charge in [0, 0.05) is 11.0 Å². The topological polar surface area (TPSA) is 66.8 Å². The smallest absolute Gasteiger partial charge is 0.331 e. The van der Waals surface area contributed by atoms with Crippen molar-refractivity contribution in [3.8, 4) is 0 Å². The summed E-state index contributed by atoms with van der Waals surface area (Å²) in [4.78, 5) is 11.0. The maximum Gasteiger partial charge on any atom is 0.331 e. The average molecular weight is 302 g/mol. The Hall–Kier alpha value is -0.653. The summed E-state index contributed by atoms with van der Waals surface area (Å²) in [6.07, 6.45) is 1.21. The monoisotopic (exact) mass is 302 g/mol. The molecule has 0 spiro atoms. The third-order valence-electron chi connectivity index (χ3n) is 4.14. The Morgan fingerprint density at radius 3 is 2.00 bits per heavy atom. The highest BCUT2D eigenvalue weighted by atomic mass is 28.4. The molecule has 0 rings (SSSR count). The van der Waals surface area contributed by atoms with Crippen LogP contribution in [0.3, 0.4) is 0 Å². The third kappa shape index (κ3) is 5.03. The number of hydrogen-bond donors (Lipinski definition) is 2. The van der Waals surface area contributed by atoms with E-state index < -0.39 is 25.8 Å². The molecule has 0 aliphatic heterocycles. The van der Waals surface area contributed by atoms with E-state index in [-0.39, 0.29) is 17.2 Å². The van der Waals surface area contributed by atoms with Gasteiger partial charge in [-0.15, -0.1) is 0 Å². The molecule has 0 fully saturated rings. The number of aliphatic hydroxyl groups excluding tert-OH is 1. The van der Waals surface area contributed by atoms with Gasteiger partial charge in [-0.25, -0.2) is 4.79 Å². The van der Waals surface area contributed by atoms with E-state index in [2.05, 4.69) is 33.9 Å². The van der Waals surface area contributed by atoms with Gasteiger partial charge in [0.1, 0.15) is 0 Å². The van der Waals surface area contributed by atoms with Gasteiger partial charge >= 0.3 is 5.97 Å². The Morgan fingerprint density at radius 1 is 1.25 bits per heavy atom. The first kappa shape index (κ1) is 19.3. The van der Waals surface area contributed by atoms with Crippen molar-refractivity contribution in [3.63, 3.8) is 0 Å². The quantitative estimate of drug-likeness (QED) is 0.583. The summed E-state index contributed by atoms with van der Waals surface area (Å²) < 4.78 is 6.32. The van der Waals surface area contributed by atoms with E-state index in [4.69, 9.17) is 9.53 Å². The van der Waals surface area contributed by atoms with Crippen molar-refractivity contribution in [2.45, 2.75) is 65.8 Å². The highest BCUT2D eigenvalue weighted by molar-refractivity contribution is 6.74. The summed E-state index contributed by atoms with van der Waals surface area (Å²) in [6, 6.07) is 0. The Bertz CT molecular complexity index is 378. The summed E-state index contributed by atoms with van der Waals surface area (Å²) in [5, 5.41) is 18.7. The molecule has 4 nitrogen and oxygen atoms in total. The number of rotatable bonds is 6. The number of hydrogen-bond acceptors (Lipinski definition) is 3. The van der Waals surface area contributed by atoms with Gasteiger partial charge in [0.2, 0.25) is 0 Å². The fourth-order valence-corrected chi connectivity index (χ4v) is 2.68. The van der Waals surface area contributed by atoms with E-state index in [1.54, 1.807) is 13.0 Å². The molecule has 0 bridgehead atoms. The maximum absolute atomic E-state index is 11.0. The van der Waals surface area contributed by atoms with Crippen LogP contribution in [0.1, 0.15) is 41.5 Å². The van der Waals surface area contributed by atoms with Crippen molar-refractivity contribution in [2.75, 3.05) is 6.61 Å². The fraction of sp³-hybridized carbons (Fsp3) is 0.800. The molecule has 2 N–H and O–H groups in total. The second-order valence-corrected chi connectivity index (χ2v) is 12.4. The summed E-state index contributed by atoms with van der Waals surface area (Å²) in [5.41, 5.74) is -0.276. The fourth-order valence-electron chi connectivity index (χ4n) is 1.30. The molecule has 0 radical (unpaired) electrons. The van der Waals surface area contributed by atoms with Crippen LogP contribution in [0.15, 0.2) is 11.6 Å². The van der Waals surface area contributed by atoms with E-state index >= 15 is 0 Å². The van der Waals surface area contributed by atoms with Crippen LogP contribution < -0.4 is 0 Å². The first-order chi connectivity index (χ1) is 8.74. The minimum atomic E-state index is -2.04. The average Bonchev–Trinajstić information content (AvgIpc) is 2.25. The molecule has 0 aromatic heterocycles. The maximum atomic E-state index is 11.0. The van der Waals surface area contributed by atoms with E-state index in [0.29, 0.717) is 0 Å². The van der Waals surface area contributed by atoms with Crippen LogP contribution >= 0.6 is 0 Å². The summed E-state index contributed by atoms with van der Waals surface area (Å²) in [5.74, 6) is -0.956. The molecule has 0 aromatic rings. The van der Waals surface area contributed by atoms with Gasteiger partial charge in [-0.2, -0.15) is 0 Å². The third-order valence-corrected chi connectivity index (χ3v) is 8.60. The molecule has 5 heteroatoms. The summed E-state index contributed by atoms with van der Waals surface area (Å²) >= 11 is 0. The summed E-state index contributed by atoms with van der Waals surface area (Å²) in [6.45, 7) is 15.9. The van der Waals surface area contributed by atoms with Gasteiger partial charge in [-0.1, -0.05) is 34.6 Å². The van der Waals surface area contributed by atoms with Gasteiger partial charge in [-0.05, 0) is 31.1 Å². The van der Waals surface area contributed by atoms with Crippen LogP contribution in [0.5, 0.6) is 0 Å². The van der Waals surface area contributed by atoms with E-state index in [0.717, 1.165) is 0 Å². The molecule has 0 aromatic carbocycles. The van der Waals surface area contributed by atoms with E-state index in [1.165, 1.54) is 0 Å². The molecule has 0 aliphatic rings. The lowest BCUT2D eigenvalue weighted by molar-refractivity contribution is -0.132. The molecule has 118 valence electrons. The van der Waals surface area contributed by atoms with Gasteiger partial charge in [0.05, 0.1) is 12.7 Å². The highest BCUT2D eigenvalue weighted by Crippen LogP contribution is 2.40. The zero-order valence-corrected chi connectivity index (χ0v) is 15.1. The van der Waals surface area contributed by atoms with Gasteiger partial charge in [0.15, 0.2) is 8.32 Å². The molecule has 0 aliphatic carbocycles. The predicted octanol–water partition coefficient (Wildman–Crippen LogP) is 3.43. The first-order valence-electron chi connectivity index (χ1n) is 6.95. The standard InChI is InChI=1S/C15H30O4Si/c1-11(13(17)18)9-12(15(5,6)10-16)19-20(7,8)14(2,3)4/h9,12,16H,10H2,1-8H3,(H,17,18)/t12-/m0/s1. The van der Waals surface area contributed by atoms with Gasteiger partial charge < -0.3 is 14.6 Å². The summed E-state index contributed by atoms with van der Waals surface area (Å²) in [7, 11) is -2.04. The second kappa shape index (κ2) is 6.41. The number of aliphatic hydroxyl groups is 1. The van der Waals surface area contributed by atoms with E-state index in [9.17, 15) is 9.90 Å². The number of carboxylic acids is 1. The lowest BCUT2D eigenvalue weighted by atomic mass is 9.86. The van der Waals surface area contributed by atoms with Crippen molar-refractivity contribution < 1.29 is 19.4 Å². The highest BCUT2D eigenvalue weighted by Gasteiger charge is 2.42. The van der Waals surface area contributed by atoms with Crippen molar-refractivity contribution >= 4 is 14.3 Å². The van der Waals surface area contributed by atoms with Gasteiger partial charge in [0.25, 0.3) is 0 Å². The van der Waals surface area contributed by atoms with Crippen LogP contribution in [0, 0.1) is 5.41 Å². The molecular formula is C15H30O4Si. The molecule has 1 atom stereocenters. The van der Waals surface area contributed by atoms with Crippen LogP contribution in [-0.4, -0.2) is 37.2 Å². The molecule has 0 heterocycles. The molecular weight excluding hydrogens is 272 g/mol. The Labute approximate surface area is 124 Å². The van der Waals surface area contributed by atoms with E-state index in [1.807, 2.05) is 13.8 Å². The zero-order chi connectivity index (χ0) is 16.4. The molecule has 0 amide bonds. The number of carbonyl (C=O) groups is 1. The Kier molecular flexibility index (Phi) is 6.20. The zero-order valence-electron chi connectivity index (χ0n) is 14.1. The van der Waals surface area contributed by atoms with Crippen LogP contribution in [0.4, 0.5) is 0 Å². The largest absolute Gasteiger partial charge is 0.478 e. The SMILES string of the molecule is CC(=C[C@H](O[Si](C)(C)C(C)(C)C)C(C)(C)CO)C(=O)O. The van der Waals surface area contributed by atoms with Gasteiger partial charge in [-0.3, -0.25) is 0 Å². The van der Waals surface area contributed by atoms with Crippen molar-refractivity contribution in [3.05, 3.63) is 11.6 Å². The van der Waals surface area contributed by atoms with Crippen molar-refractivity contribution in [1.29, 1.82) is 0 Å². The van der Waals surface area contributed by atoms with Crippen LogP contribution in [0.2, 0.25) is 18.1 Å². The molecule has 0 saturated carbocycles. The lowest BCUT2D eigenvalue weighted by Crippen LogP contribution is -2.48. The molecule has 0 unspecified atom stereocenters. The van der Waals surface area contributed by atoms with Crippen LogP contribution in [-0.2, 0) is 9.22 Å².